The van der Waals surface area contributed by atoms with Crippen LogP contribution >= 0.6 is 23.4 Å². The predicted octanol–water partition coefficient (Wildman–Crippen LogP) is 2.78. The predicted molar refractivity (Wildman–Crippen MR) is 71.3 cm³/mol. The maximum absolute atomic E-state index is 8.67. The molecule has 5 heteroatoms. The van der Waals surface area contributed by atoms with E-state index in [4.69, 9.17) is 16.7 Å². The molecule has 0 unspecified atom stereocenters. The van der Waals surface area contributed by atoms with Crippen LogP contribution in [0.15, 0.2) is 12.1 Å². The Balaban J connectivity index is 2.52. The molecule has 0 fully saturated rings. The molecule has 0 aliphatic heterocycles. The molecule has 0 aromatic carbocycles. The van der Waals surface area contributed by atoms with Crippen molar-refractivity contribution < 1.29 is 5.11 Å². The minimum absolute atomic E-state index is 0.242. The van der Waals surface area contributed by atoms with Crippen molar-refractivity contribution in [2.75, 3.05) is 24.2 Å². The Labute approximate surface area is 106 Å². The Morgan fingerprint density at radius 2 is 2.31 bits per heavy atom. The van der Waals surface area contributed by atoms with Crippen LogP contribution in [0.1, 0.15) is 19.0 Å². The molecule has 3 nitrogen and oxygen atoms in total. The number of nitrogens with one attached hydrogen (secondary N) is 1. The van der Waals surface area contributed by atoms with Gasteiger partial charge in [-0.2, -0.15) is 11.8 Å². The zero-order valence-corrected chi connectivity index (χ0v) is 10.9. The van der Waals surface area contributed by atoms with Gasteiger partial charge in [0, 0.05) is 18.9 Å². The van der Waals surface area contributed by atoms with Gasteiger partial charge in [-0.3, -0.25) is 0 Å². The van der Waals surface area contributed by atoms with E-state index < -0.39 is 0 Å². The molecule has 0 aliphatic rings. The molecular formula is C11H17ClN2OS. The van der Waals surface area contributed by atoms with E-state index in [1.807, 2.05) is 19.1 Å². The van der Waals surface area contributed by atoms with Gasteiger partial charge in [0.1, 0.15) is 5.82 Å². The molecule has 1 rings (SSSR count). The SMILES string of the molecule is CCNc1ccc(Cl)c(CSCCCO)n1. The van der Waals surface area contributed by atoms with Crippen molar-refractivity contribution in [2.45, 2.75) is 19.1 Å². The third-order valence-electron chi connectivity index (χ3n) is 1.96. The van der Waals surface area contributed by atoms with Gasteiger partial charge in [0.15, 0.2) is 0 Å². The molecule has 1 heterocycles. The van der Waals surface area contributed by atoms with E-state index in [1.165, 1.54) is 0 Å². The second-order valence-electron chi connectivity index (χ2n) is 3.29. The third-order valence-corrected chi connectivity index (χ3v) is 3.36. The molecule has 1 aromatic rings. The number of aliphatic hydroxyl groups excluding tert-OH is 1. The van der Waals surface area contributed by atoms with Crippen molar-refractivity contribution in [1.82, 2.24) is 4.98 Å². The van der Waals surface area contributed by atoms with Crippen molar-refractivity contribution in [3.05, 3.63) is 22.8 Å². The summed E-state index contributed by atoms with van der Waals surface area (Å²) in [4.78, 5) is 4.43. The highest BCUT2D eigenvalue weighted by Crippen LogP contribution is 2.21. The summed E-state index contributed by atoms with van der Waals surface area (Å²) in [5.74, 6) is 2.59. The number of rotatable bonds is 7. The molecule has 0 radical (unpaired) electrons. The van der Waals surface area contributed by atoms with Gasteiger partial charge < -0.3 is 10.4 Å². The van der Waals surface area contributed by atoms with E-state index in [0.717, 1.165) is 36.0 Å². The number of thioether (sulfide) groups is 1. The number of hydrogen-bond acceptors (Lipinski definition) is 4. The molecule has 2 N–H and O–H groups in total. The molecule has 0 saturated carbocycles. The molecule has 0 aliphatic carbocycles. The van der Waals surface area contributed by atoms with Gasteiger partial charge >= 0.3 is 0 Å². The summed E-state index contributed by atoms with van der Waals surface area (Å²) in [6.07, 6.45) is 0.815. The Hall–Kier alpha value is -0.450. The summed E-state index contributed by atoms with van der Waals surface area (Å²) >= 11 is 7.79. The number of anilines is 1. The molecule has 0 amide bonds. The van der Waals surface area contributed by atoms with E-state index >= 15 is 0 Å². The molecule has 90 valence electrons. The highest BCUT2D eigenvalue weighted by molar-refractivity contribution is 7.98. The van der Waals surface area contributed by atoms with Crippen molar-refractivity contribution >= 4 is 29.2 Å². The maximum atomic E-state index is 8.67. The standard InChI is InChI=1S/C11H17ClN2OS/c1-2-13-11-5-4-9(12)10(14-11)8-16-7-3-6-15/h4-5,15H,2-3,6-8H2,1H3,(H,13,14). The van der Waals surface area contributed by atoms with Crippen molar-refractivity contribution in [3.8, 4) is 0 Å². The number of halogens is 1. The second-order valence-corrected chi connectivity index (χ2v) is 4.80. The van der Waals surface area contributed by atoms with E-state index in [2.05, 4.69) is 10.3 Å². The van der Waals surface area contributed by atoms with Crippen LogP contribution in [0.5, 0.6) is 0 Å². The first-order valence-corrected chi connectivity index (χ1v) is 6.89. The number of nitrogens with zero attached hydrogens (tertiary/aromatic N) is 1. The fraction of sp³-hybridized carbons (Fsp3) is 0.545. The molecule has 1 aromatic heterocycles. The number of pyridine rings is 1. The van der Waals surface area contributed by atoms with Gasteiger partial charge in [0.25, 0.3) is 0 Å². The van der Waals surface area contributed by atoms with Crippen LogP contribution in [0.2, 0.25) is 5.02 Å². The van der Waals surface area contributed by atoms with Crippen molar-refractivity contribution in [3.63, 3.8) is 0 Å². The van der Waals surface area contributed by atoms with Gasteiger partial charge in [-0.1, -0.05) is 11.6 Å². The lowest BCUT2D eigenvalue weighted by molar-refractivity contribution is 0.296. The third kappa shape index (κ3) is 4.60. The fourth-order valence-corrected chi connectivity index (χ4v) is 2.34. The minimum atomic E-state index is 0.242. The summed E-state index contributed by atoms with van der Waals surface area (Å²) in [6.45, 7) is 3.13. The average molecular weight is 261 g/mol. The lowest BCUT2D eigenvalue weighted by Gasteiger charge is -2.07. The van der Waals surface area contributed by atoms with E-state index in [0.29, 0.717) is 5.02 Å². The number of aromatic nitrogens is 1. The van der Waals surface area contributed by atoms with Crippen LogP contribution in [0.25, 0.3) is 0 Å². The van der Waals surface area contributed by atoms with Gasteiger partial charge in [0.05, 0.1) is 10.7 Å². The highest BCUT2D eigenvalue weighted by Gasteiger charge is 2.03. The first-order chi connectivity index (χ1) is 7.77. The van der Waals surface area contributed by atoms with Crippen LogP contribution in [-0.4, -0.2) is 29.0 Å². The topological polar surface area (TPSA) is 45.1 Å². The first kappa shape index (κ1) is 13.6. The van der Waals surface area contributed by atoms with Gasteiger partial charge in [-0.05, 0) is 31.2 Å². The van der Waals surface area contributed by atoms with E-state index in [1.54, 1.807) is 11.8 Å². The van der Waals surface area contributed by atoms with Gasteiger partial charge in [-0.15, -0.1) is 0 Å². The summed E-state index contributed by atoms with van der Waals surface area (Å²) in [7, 11) is 0. The molecule has 0 spiro atoms. The average Bonchev–Trinajstić information content (AvgIpc) is 2.29. The lowest BCUT2D eigenvalue weighted by atomic mass is 10.3. The Bertz CT molecular complexity index is 323. The zero-order chi connectivity index (χ0) is 11.8. The van der Waals surface area contributed by atoms with E-state index in [9.17, 15) is 0 Å². The van der Waals surface area contributed by atoms with Crippen LogP contribution in [-0.2, 0) is 5.75 Å². The van der Waals surface area contributed by atoms with Crippen molar-refractivity contribution in [2.24, 2.45) is 0 Å². The summed E-state index contributed by atoms with van der Waals surface area (Å²) in [5.41, 5.74) is 0.906. The van der Waals surface area contributed by atoms with Crippen LogP contribution in [0, 0.1) is 0 Å². The maximum Gasteiger partial charge on any atom is 0.126 e. The normalized spacial score (nSPS) is 10.4. The Morgan fingerprint density at radius 3 is 3.00 bits per heavy atom. The highest BCUT2D eigenvalue weighted by atomic mass is 35.5. The molecular weight excluding hydrogens is 244 g/mol. The first-order valence-electron chi connectivity index (χ1n) is 5.35. The number of hydrogen-bond donors (Lipinski definition) is 2. The zero-order valence-electron chi connectivity index (χ0n) is 9.37. The van der Waals surface area contributed by atoms with Crippen LogP contribution in [0.4, 0.5) is 5.82 Å². The van der Waals surface area contributed by atoms with Gasteiger partial charge in [0.2, 0.25) is 0 Å². The largest absolute Gasteiger partial charge is 0.396 e. The Kier molecular flexibility index (Phi) is 6.61. The minimum Gasteiger partial charge on any atom is -0.396 e. The second kappa shape index (κ2) is 7.76. The fourth-order valence-electron chi connectivity index (χ4n) is 1.20. The Morgan fingerprint density at radius 1 is 1.50 bits per heavy atom. The molecule has 0 bridgehead atoms. The lowest BCUT2D eigenvalue weighted by Crippen LogP contribution is -2.01. The van der Waals surface area contributed by atoms with E-state index in [-0.39, 0.29) is 6.61 Å². The summed E-state index contributed by atoms with van der Waals surface area (Å²) in [6, 6.07) is 3.75. The van der Waals surface area contributed by atoms with Crippen LogP contribution in [0.3, 0.4) is 0 Å². The molecule has 16 heavy (non-hydrogen) atoms. The summed E-state index contributed by atoms with van der Waals surface area (Å²) in [5, 5.41) is 12.5. The quantitative estimate of drug-likeness (QED) is 0.740. The summed E-state index contributed by atoms with van der Waals surface area (Å²) < 4.78 is 0. The monoisotopic (exact) mass is 260 g/mol. The van der Waals surface area contributed by atoms with Crippen molar-refractivity contribution in [1.29, 1.82) is 0 Å². The molecule has 0 saturated heterocycles. The number of aliphatic hydroxyl groups is 1. The van der Waals surface area contributed by atoms with Gasteiger partial charge in [-0.25, -0.2) is 4.98 Å². The van der Waals surface area contributed by atoms with Crippen LogP contribution < -0.4 is 5.32 Å². The molecule has 0 atom stereocenters. The smallest absolute Gasteiger partial charge is 0.126 e.